The molecular weight excluding hydrogens is 127 g/mol. The van der Waals surface area contributed by atoms with Gasteiger partial charge in [0.25, 0.3) is 0 Å². The Bertz CT molecular complexity index is 141. The highest BCUT2D eigenvalue weighted by Gasteiger charge is 2.10. The lowest BCUT2D eigenvalue weighted by atomic mass is 10.4. The molecule has 0 saturated carbocycles. The van der Waals surface area contributed by atoms with E-state index in [4.69, 9.17) is 0 Å². The molecule has 0 N–H and O–H groups in total. The second-order valence-electron chi connectivity index (χ2n) is 1.35. The van der Waals surface area contributed by atoms with Gasteiger partial charge in [0.15, 0.2) is 5.83 Å². The van der Waals surface area contributed by atoms with Crippen LogP contribution in [0.3, 0.4) is 0 Å². The first kappa shape index (κ1) is 5.69. The molecule has 43 valence electrons. The quantitative estimate of drug-likeness (QED) is 0.488. The third-order valence-corrected chi connectivity index (χ3v) is 1.10. The number of hydrogen-bond acceptors (Lipinski definition) is 1. The zero-order chi connectivity index (χ0) is 5.98. The van der Waals surface area contributed by atoms with Crippen molar-refractivity contribution in [1.82, 2.24) is 0 Å². The third-order valence-electron chi connectivity index (χ3n) is 0.761. The summed E-state index contributed by atoms with van der Waals surface area (Å²) in [6.45, 7) is 0. The Balaban J connectivity index is 2.66. The molecule has 0 amide bonds. The summed E-state index contributed by atoms with van der Waals surface area (Å²) in [5, 5.41) is 0. The largest absolute Gasteiger partial charge is 0.479 e. The van der Waals surface area contributed by atoms with Crippen LogP contribution in [0.1, 0.15) is 0 Å². The summed E-state index contributed by atoms with van der Waals surface area (Å²) in [4.78, 5) is 0. The highest BCUT2D eigenvalue weighted by Crippen LogP contribution is 2.15. The van der Waals surface area contributed by atoms with Crippen molar-refractivity contribution in [3.8, 4) is 0 Å². The Labute approximate surface area is 52.2 Å². The molecule has 1 unspecified atom stereocenters. The first-order chi connectivity index (χ1) is 3.80. The summed E-state index contributed by atoms with van der Waals surface area (Å²) >= 11 is 4.49. The lowest BCUT2D eigenvalue weighted by Gasteiger charge is -2.08. The van der Waals surface area contributed by atoms with E-state index in [0.29, 0.717) is 0 Å². The summed E-state index contributed by atoms with van der Waals surface area (Å²) in [6, 6.07) is 0. The predicted octanol–water partition coefficient (Wildman–Crippen LogP) is 1.91. The van der Waals surface area contributed by atoms with Crippen molar-refractivity contribution in [2.45, 2.75) is 5.44 Å². The molecule has 1 rings (SSSR count). The highest BCUT2D eigenvalue weighted by molar-refractivity contribution is 7.81. The summed E-state index contributed by atoms with van der Waals surface area (Å²) in [7, 11) is 0. The second kappa shape index (κ2) is 2.22. The van der Waals surface area contributed by atoms with Crippen LogP contribution in [0.5, 0.6) is 0 Å². The van der Waals surface area contributed by atoms with Crippen molar-refractivity contribution in [3.05, 3.63) is 24.2 Å². The highest BCUT2D eigenvalue weighted by atomic mass is 32.1. The van der Waals surface area contributed by atoms with Gasteiger partial charge in [-0.15, -0.1) is 0 Å². The van der Waals surface area contributed by atoms with Gasteiger partial charge in [0.05, 0.1) is 6.26 Å². The molecule has 1 heterocycles. The van der Waals surface area contributed by atoms with Gasteiger partial charge in [-0.05, 0) is 24.8 Å². The minimum atomic E-state index is -0.806. The maximum atomic E-state index is 12.2. The Morgan fingerprint density at radius 3 is 2.88 bits per heavy atom. The van der Waals surface area contributed by atoms with Crippen molar-refractivity contribution >= 4 is 12.6 Å². The van der Waals surface area contributed by atoms with Crippen LogP contribution in [0.4, 0.5) is 4.39 Å². The van der Waals surface area contributed by atoms with E-state index in [1.54, 1.807) is 0 Å². The Kier molecular flexibility index (Phi) is 1.58. The van der Waals surface area contributed by atoms with E-state index in [0.717, 1.165) is 0 Å². The van der Waals surface area contributed by atoms with Gasteiger partial charge in [-0.25, -0.2) is 4.39 Å². The van der Waals surface area contributed by atoms with Crippen LogP contribution in [-0.4, -0.2) is 5.44 Å². The van der Waals surface area contributed by atoms with E-state index in [-0.39, 0.29) is 0 Å². The Morgan fingerprint density at radius 2 is 2.50 bits per heavy atom. The van der Waals surface area contributed by atoms with Crippen molar-refractivity contribution < 1.29 is 9.13 Å². The summed E-state index contributed by atoms with van der Waals surface area (Å²) in [5.41, 5.74) is -0.806. The van der Waals surface area contributed by atoms with Crippen LogP contribution >= 0.6 is 12.6 Å². The van der Waals surface area contributed by atoms with E-state index in [1.807, 2.05) is 0 Å². The number of ether oxygens (including phenoxy) is 1. The first-order valence-corrected chi connectivity index (χ1v) is 2.61. The average Bonchev–Trinajstić information content (AvgIpc) is 1.77. The van der Waals surface area contributed by atoms with E-state index in [2.05, 4.69) is 17.4 Å². The molecule has 0 saturated heterocycles. The monoisotopic (exact) mass is 131 g/mol. The summed E-state index contributed by atoms with van der Waals surface area (Å²) in [6.07, 6.45) is 4.14. The average molecular weight is 131 g/mol. The van der Waals surface area contributed by atoms with Crippen molar-refractivity contribution in [1.29, 1.82) is 0 Å². The van der Waals surface area contributed by atoms with Gasteiger partial charge in [-0.3, -0.25) is 0 Å². The van der Waals surface area contributed by atoms with E-state index in [1.165, 1.54) is 18.4 Å². The minimum absolute atomic E-state index is 0.400. The van der Waals surface area contributed by atoms with Gasteiger partial charge in [0.2, 0.25) is 5.44 Å². The maximum absolute atomic E-state index is 12.2. The van der Waals surface area contributed by atoms with Gasteiger partial charge >= 0.3 is 0 Å². The number of hydrogen-bond donors (Lipinski definition) is 0. The summed E-state index contributed by atoms with van der Waals surface area (Å²) < 4.78 is 16.7. The molecule has 1 aliphatic heterocycles. The van der Waals surface area contributed by atoms with Crippen LogP contribution in [-0.2, 0) is 4.74 Å². The summed E-state index contributed by atoms with van der Waals surface area (Å²) in [5.74, 6) is -0.400. The van der Waals surface area contributed by atoms with Crippen LogP contribution in [0.25, 0.3) is 0 Å². The van der Waals surface area contributed by atoms with Crippen molar-refractivity contribution in [2.75, 3.05) is 0 Å². The van der Waals surface area contributed by atoms with E-state index < -0.39 is 11.3 Å². The van der Waals surface area contributed by atoms with Gasteiger partial charge in [-0.1, -0.05) is 0 Å². The molecule has 8 heavy (non-hydrogen) atoms. The molecule has 0 aromatic heterocycles. The smallest absolute Gasteiger partial charge is 0.204 e. The fourth-order valence-corrected chi connectivity index (χ4v) is 0.534. The third kappa shape index (κ3) is 1.04. The lowest BCUT2D eigenvalue weighted by Crippen LogP contribution is -2.03. The van der Waals surface area contributed by atoms with Crippen molar-refractivity contribution in [2.24, 2.45) is 0 Å². The molecule has 1 aliphatic rings. The Hall–Kier alpha value is -0.440. The molecule has 0 spiro atoms. The number of halogens is 1. The molecule has 0 fully saturated rings. The Morgan fingerprint density at radius 1 is 1.75 bits per heavy atom. The van der Waals surface area contributed by atoms with Gasteiger partial charge in [0.1, 0.15) is 0 Å². The van der Waals surface area contributed by atoms with Crippen LogP contribution in [0, 0.1) is 0 Å². The SMILES string of the molecule is FC1=CC=COC1[S]. The van der Waals surface area contributed by atoms with Gasteiger partial charge in [-0.2, -0.15) is 0 Å². The molecule has 0 bridgehead atoms. The predicted molar refractivity (Wildman–Crippen MR) is 30.8 cm³/mol. The van der Waals surface area contributed by atoms with Crippen LogP contribution < -0.4 is 0 Å². The molecule has 0 aromatic carbocycles. The minimum Gasteiger partial charge on any atom is -0.479 e. The molecule has 1 radical (unpaired) electrons. The zero-order valence-electron chi connectivity index (χ0n) is 4.00. The molecule has 1 atom stereocenters. The van der Waals surface area contributed by atoms with Crippen LogP contribution in [0.2, 0.25) is 0 Å². The van der Waals surface area contributed by atoms with E-state index >= 15 is 0 Å². The first-order valence-electron chi connectivity index (χ1n) is 2.14. The van der Waals surface area contributed by atoms with E-state index in [9.17, 15) is 4.39 Å². The lowest BCUT2D eigenvalue weighted by molar-refractivity contribution is 0.222. The standard InChI is InChI=1S/C5H4FOS/c6-4-2-1-3-7-5(4)8/h1-3,5H. The molecule has 0 aliphatic carbocycles. The zero-order valence-corrected chi connectivity index (χ0v) is 4.82. The normalized spacial score (nSPS) is 26.8. The van der Waals surface area contributed by atoms with Crippen molar-refractivity contribution in [3.63, 3.8) is 0 Å². The molecule has 0 aromatic rings. The molecule has 1 nitrogen and oxygen atoms in total. The topological polar surface area (TPSA) is 9.23 Å². The van der Waals surface area contributed by atoms with Gasteiger partial charge < -0.3 is 4.74 Å². The number of allylic oxidation sites excluding steroid dienone is 2. The molecule has 3 heteroatoms. The number of rotatable bonds is 0. The maximum Gasteiger partial charge on any atom is 0.204 e. The fraction of sp³-hybridized carbons (Fsp3) is 0.200. The van der Waals surface area contributed by atoms with Crippen LogP contribution in [0.15, 0.2) is 24.2 Å². The second-order valence-corrected chi connectivity index (χ2v) is 1.78. The fourth-order valence-electron chi connectivity index (χ4n) is 0.391. The van der Waals surface area contributed by atoms with Gasteiger partial charge in [0, 0.05) is 0 Å². The molecular formula is C5H4FOS.